The van der Waals surface area contributed by atoms with Crippen LogP contribution in [0.4, 0.5) is 0 Å². The standard InChI is InChI=1S/C16H26N2/c1-13(17(3)4)16-10-11-18(12-16)14(2)15-8-6-5-7-9-15/h5-9,13-14,16H,10-12H2,1-4H3/t13-,14+,16+/m0/s1. The van der Waals surface area contributed by atoms with Crippen LogP contribution < -0.4 is 0 Å². The van der Waals surface area contributed by atoms with E-state index < -0.39 is 0 Å². The molecule has 0 bridgehead atoms. The lowest BCUT2D eigenvalue weighted by atomic mass is 10.00. The number of likely N-dealkylation sites (tertiary alicyclic amines) is 1. The molecule has 2 nitrogen and oxygen atoms in total. The summed E-state index contributed by atoms with van der Waals surface area (Å²) >= 11 is 0. The molecule has 1 aliphatic heterocycles. The monoisotopic (exact) mass is 246 g/mol. The largest absolute Gasteiger partial charge is 0.306 e. The van der Waals surface area contributed by atoms with Gasteiger partial charge in [0.2, 0.25) is 0 Å². The number of hydrogen-bond donors (Lipinski definition) is 0. The van der Waals surface area contributed by atoms with Crippen molar-refractivity contribution in [2.45, 2.75) is 32.4 Å². The quantitative estimate of drug-likeness (QED) is 0.806. The van der Waals surface area contributed by atoms with Crippen molar-refractivity contribution in [1.82, 2.24) is 9.80 Å². The second-order valence-electron chi connectivity index (χ2n) is 5.83. The lowest BCUT2D eigenvalue weighted by Gasteiger charge is -2.28. The van der Waals surface area contributed by atoms with Crippen molar-refractivity contribution >= 4 is 0 Å². The van der Waals surface area contributed by atoms with Crippen molar-refractivity contribution in [3.05, 3.63) is 35.9 Å². The smallest absolute Gasteiger partial charge is 0.0320 e. The molecule has 0 N–H and O–H groups in total. The van der Waals surface area contributed by atoms with E-state index in [1.165, 1.54) is 25.1 Å². The minimum absolute atomic E-state index is 0.547. The number of benzene rings is 1. The topological polar surface area (TPSA) is 6.48 Å². The van der Waals surface area contributed by atoms with Gasteiger partial charge in [-0.05, 0) is 52.4 Å². The van der Waals surface area contributed by atoms with Crippen LogP contribution in [0.25, 0.3) is 0 Å². The number of rotatable bonds is 4. The normalized spacial score (nSPS) is 24.4. The van der Waals surface area contributed by atoms with Crippen LogP contribution in [-0.4, -0.2) is 43.0 Å². The zero-order chi connectivity index (χ0) is 13.1. The molecule has 0 aromatic heterocycles. The molecule has 1 fully saturated rings. The molecule has 0 amide bonds. The van der Waals surface area contributed by atoms with Crippen LogP contribution in [0, 0.1) is 5.92 Å². The Hall–Kier alpha value is -0.860. The van der Waals surface area contributed by atoms with Gasteiger partial charge in [0.05, 0.1) is 0 Å². The maximum Gasteiger partial charge on any atom is 0.0320 e. The van der Waals surface area contributed by atoms with Crippen molar-refractivity contribution in [2.24, 2.45) is 5.92 Å². The van der Waals surface area contributed by atoms with Crippen molar-refractivity contribution in [2.75, 3.05) is 27.2 Å². The summed E-state index contributed by atoms with van der Waals surface area (Å²) in [6.45, 7) is 7.15. The fourth-order valence-electron chi connectivity index (χ4n) is 2.92. The molecule has 3 atom stereocenters. The Morgan fingerprint density at radius 2 is 1.83 bits per heavy atom. The fraction of sp³-hybridized carbons (Fsp3) is 0.625. The summed E-state index contributed by atoms with van der Waals surface area (Å²) in [7, 11) is 4.38. The maximum atomic E-state index is 2.62. The molecule has 0 radical (unpaired) electrons. The van der Waals surface area contributed by atoms with E-state index in [1.54, 1.807) is 0 Å². The van der Waals surface area contributed by atoms with Crippen molar-refractivity contribution < 1.29 is 0 Å². The van der Waals surface area contributed by atoms with E-state index in [1.807, 2.05) is 0 Å². The van der Waals surface area contributed by atoms with Gasteiger partial charge in [-0.2, -0.15) is 0 Å². The summed E-state index contributed by atoms with van der Waals surface area (Å²) in [6, 6.07) is 12.1. The molecule has 0 aliphatic carbocycles. The lowest BCUT2D eigenvalue weighted by Crippen LogP contribution is -2.34. The molecule has 1 aromatic carbocycles. The molecule has 1 heterocycles. The highest BCUT2D eigenvalue weighted by atomic mass is 15.2. The van der Waals surface area contributed by atoms with Crippen molar-refractivity contribution in [1.29, 1.82) is 0 Å². The first-order valence-electron chi connectivity index (χ1n) is 7.05. The van der Waals surface area contributed by atoms with Gasteiger partial charge in [0, 0.05) is 18.6 Å². The molecular weight excluding hydrogens is 220 g/mol. The summed E-state index contributed by atoms with van der Waals surface area (Å²) < 4.78 is 0. The van der Waals surface area contributed by atoms with Gasteiger partial charge in [0.25, 0.3) is 0 Å². The number of hydrogen-bond acceptors (Lipinski definition) is 2. The van der Waals surface area contributed by atoms with Crippen LogP contribution in [0.5, 0.6) is 0 Å². The van der Waals surface area contributed by atoms with Gasteiger partial charge in [0.1, 0.15) is 0 Å². The average molecular weight is 246 g/mol. The van der Waals surface area contributed by atoms with E-state index >= 15 is 0 Å². The Bertz CT molecular complexity index is 361. The Morgan fingerprint density at radius 1 is 1.17 bits per heavy atom. The Kier molecular flexibility index (Phi) is 4.41. The number of nitrogens with zero attached hydrogens (tertiary/aromatic N) is 2. The summed E-state index contributed by atoms with van der Waals surface area (Å²) in [5.41, 5.74) is 1.44. The molecule has 18 heavy (non-hydrogen) atoms. The highest BCUT2D eigenvalue weighted by Gasteiger charge is 2.30. The first kappa shape index (κ1) is 13.6. The third kappa shape index (κ3) is 2.93. The lowest BCUT2D eigenvalue weighted by molar-refractivity contribution is 0.202. The summed E-state index contributed by atoms with van der Waals surface area (Å²) in [4.78, 5) is 4.97. The van der Waals surface area contributed by atoms with Crippen LogP contribution in [0.15, 0.2) is 30.3 Å². The predicted molar refractivity (Wildman–Crippen MR) is 77.7 cm³/mol. The van der Waals surface area contributed by atoms with E-state index in [0.29, 0.717) is 12.1 Å². The summed E-state index contributed by atoms with van der Waals surface area (Å²) in [5.74, 6) is 0.811. The molecule has 1 saturated heterocycles. The average Bonchev–Trinajstić information content (AvgIpc) is 2.87. The van der Waals surface area contributed by atoms with Crippen LogP contribution in [0.1, 0.15) is 31.9 Å². The maximum absolute atomic E-state index is 2.62. The molecular formula is C16H26N2. The second kappa shape index (κ2) is 5.85. The minimum Gasteiger partial charge on any atom is -0.306 e. The van der Waals surface area contributed by atoms with Gasteiger partial charge < -0.3 is 4.90 Å². The van der Waals surface area contributed by atoms with Crippen LogP contribution in [0.3, 0.4) is 0 Å². The zero-order valence-corrected chi connectivity index (χ0v) is 12.1. The van der Waals surface area contributed by atoms with Crippen LogP contribution in [-0.2, 0) is 0 Å². The van der Waals surface area contributed by atoms with E-state index in [9.17, 15) is 0 Å². The highest BCUT2D eigenvalue weighted by Crippen LogP contribution is 2.29. The molecule has 2 heteroatoms. The minimum atomic E-state index is 0.547. The second-order valence-corrected chi connectivity index (χ2v) is 5.83. The van der Waals surface area contributed by atoms with Gasteiger partial charge in [-0.1, -0.05) is 30.3 Å². The zero-order valence-electron chi connectivity index (χ0n) is 12.1. The summed E-state index contributed by atoms with van der Waals surface area (Å²) in [5, 5.41) is 0. The van der Waals surface area contributed by atoms with E-state index in [-0.39, 0.29) is 0 Å². The van der Waals surface area contributed by atoms with Crippen molar-refractivity contribution in [3.63, 3.8) is 0 Å². The molecule has 0 unspecified atom stereocenters. The van der Waals surface area contributed by atoms with Crippen LogP contribution >= 0.6 is 0 Å². The SMILES string of the molecule is C[C@H](c1ccccc1)N1CC[C@@H]([C@H](C)N(C)C)C1. The Morgan fingerprint density at radius 3 is 2.44 bits per heavy atom. The van der Waals surface area contributed by atoms with E-state index in [4.69, 9.17) is 0 Å². The molecule has 0 spiro atoms. The van der Waals surface area contributed by atoms with Gasteiger partial charge >= 0.3 is 0 Å². The first-order valence-corrected chi connectivity index (χ1v) is 7.05. The molecule has 1 aromatic rings. The van der Waals surface area contributed by atoms with Crippen molar-refractivity contribution in [3.8, 4) is 0 Å². The summed E-state index contributed by atoms with van der Waals surface area (Å²) in [6.07, 6.45) is 1.33. The third-order valence-corrected chi connectivity index (χ3v) is 4.58. The fourth-order valence-corrected chi connectivity index (χ4v) is 2.92. The molecule has 0 saturated carbocycles. The van der Waals surface area contributed by atoms with Gasteiger partial charge in [-0.15, -0.1) is 0 Å². The van der Waals surface area contributed by atoms with E-state index in [0.717, 1.165) is 5.92 Å². The van der Waals surface area contributed by atoms with Gasteiger partial charge in [-0.25, -0.2) is 0 Å². The molecule has 100 valence electrons. The third-order valence-electron chi connectivity index (χ3n) is 4.58. The van der Waals surface area contributed by atoms with Gasteiger partial charge in [0.15, 0.2) is 0 Å². The van der Waals surface area contributed by atoms with Gasteiger partial charge in [-0.3, -0.25) is 4.90 Å². The highest BCUT2D eigenvalue weighted by molar-refractivity contribution is 5.18. The predicted octanol–water partition coefficient (Wildman–Crippen LogP) is 3.02. The Balaban J connectivity index is 1.97. The molecule has 1 aliphatic rings. The molecule has 2 rings (SSSR count). The van der Waals surface area contributed by atoms with E-state index in [2.05, 4.69) is 68.1 Å². The first-order chi connectivity index (χ1) is 8.59. The Labute approximate surface area is 112 Å². The van der Waals surface area contributed by atoms with Crippen LogP contribution in [0.2, 0.25) is 0 Å².